The van der Waals surface area contributed by atoms with E-state index < -0.39 is 0 Å². The minimum Gasteiger partial charge on any atom is -0.410 e. The standard InChI is InChI=1S/C19H14ClNO/c20-17-11-7-12-6-8-14-15(9-10-16(17)18(12)14)19(21-22)13-4-2-1-3-5-13/h1-5,7,9-11,22H,6,8H2. The lowest BCUT2D eigenvalue weighted by atomic mass is 9.94. The van der Waals surface area contributed by atoms with Crippen molar-refractivity contribution < 1.29 is 5.21 Å². The van der Waals surface area contributed by atoms with Gasteiger partial charge in [0.25, 0.3) is 0 Å². The fraction of sp³-hybridized carbons (Fsp3) is 0.105. The molecule has 0 bridgehead atoms. The third-order valence-corrected chi connectivity index (χ3v) is 4.70. The van der Waals surface area contributed by atoms with Gasteiger partial charge in [0.05, 0.1) is 0 Å². The Bertz CT molecular complexity index is 900. The Hall–Kier alpha value is -2.32. The fourth-order valence-corrected chi connectivity index (χ4v) is 3.59. The second-order valence-electron chi connectivity index (χ2n) is 5.54. The van der Waals surface area contributed by atoms with E-state index in [2.05, 4.69) is 11.2 Å². The highest BCUT2D eigenvalue weighted by Gasteiger charge is 2.22. The third kappa shape index (κ3) is 1.92. The average molecular weight is 308 g/mol. The molecule has 1 N–H and O–H groups in total. The highest BCUT2D eigenvalue weighted by molar-refractivity contribution is 6.36. The van der Waals surface area contributed by atoms with Crippen LogP contribution in [0, 0.1) is 0 Å². The monoisotopic (exact) mass is 307 g/mol. The maximum Gasteiger partial charge on any atom is 0.117 e. The van der Waals surface area contributed by atoms with Crippen LogP contribution in [0.1, 0.15) is 22.3 Å². The van der Waals surface area contributed by atoms with Crippen molar-refractivity contribution in [3.8, 4) is 0 Å². The number of hydrogen-bond acceptors (Lipinski definition) is 2. The summed E-state index contributed by atoms with van der Waals surface area (Å²) in [5.74, 6) is 0. The summed E-state index contributed by atoms with van der Waals surface area (Å²) in [6.45, 7) is 0. The fourth-order valence-electron chi connectivity index (χ4n) is 3.37. The Labute approximate surface area is 133 Å². The van der Waals surface area contributed by atoms with Gasteiger partial charge in [-0.2, -0.15) is 0 Å². The molecule has 0 spiro atoms. The molecule has 0 aromatic heterocycles. The van der Waals surface area contributed by atoms with Crippen LogP contribution < -0.4 is 0 Å². The molecule has 0 aliphatic heterocycles. The van der Waals surface area contributed by atoms with E-state index in [1.54, 1.807) is 0 Å². The number of nitrogens with zero attached hydrogens (tertiary/aromatic N) is 1. The van der Waals surface area contributed by atoms with Gasteiger partial charge in [0.2, 0.25) is 0 Å². The Morgan fingerprint density at radius 1 is 0.955 bits per heavy atom. The minimum atomic E-state index is 0.616. The van der Waals surface area contributed by atoms with Crippen molar-refractivity contribution in [2.45, 2.75) is 12.8 Å². The third-order valence-electron chi connectivity index (χ3n) is 4.37. The van der Waals surface area contributed by atoms with Gasteiger partial charge in [-0.3, -0.25) is 0 Å². The van der Waals surface area contributed by atoms with Gasteiger partial charge in [-0.1, -0.05) is 65.3 Å². The molecule has 1 aliphatic carbocycles. The molecule has 3 aromatic rings. The number of oxime groups is 1. The van der Waals surface area contributed by atoms with Crippen LogP contribution >= 0.6 is 11.6 Å². The smallest absolute Gasteiger partial charge is 0.117 e. The number of halogens is 1. The largest absolute Gasteiger partial charge is 0.410 e. The summed E-state index contributed by atoms with van der Waals surface area (Å²) in [7, 11) is 0. The van der Waals surface area contributed by atoms with E-state index in [-0.39, 0.29) is 0 Å². The van der Waals surface area contributed by atoms with Crippen molar-refractivity contribution in [1.29, 1.82) is 0 Å². The first kappa shape index (κ1) is 13.4. The minimum absolute atomic E-state index is 0.616. The van der Waals surface area contributed by atoms with E-state index in [1.807, 2.05) is 48.5 Å². The molecule has 2 nitrogen and oxygen atoms in total. The van der Waals surface area contributed by atoms with Gasteiger partial charge >= 0.3 is 0 Å². The Balaban J connectivity index is 1.99. The molecule has 3 heteroatoms. The maximum absolute atomic E-state index is 9.56. The summed E-state index contributed by atoms with van der Waals surface area (Å²) in [6, 6.07) is 17.9. The molecule has 4 rings (SSSR count). The molecule has 0 radical (unpaired) electrons. The van der Waals surface area contributed by atoms with Gasteiger partial charge in [0, 0.05) is 21.5 Å². The van der Waals surface area contributed by atoms with E-state index in [4.69, 9.17) is 11.6 Å². The first-order chi connectivity index (χ1) is 10.8. The lowest BCUT2D eigenvalue weighted by Crippen LogP contribution is -2.06. The molecular formula is C19H14ClNO. The summed E-state index contributed by atoms with van der Waals surface area (Å²) in [5, 5.41) is 16.2. The molecule has 0 fully saturated rings. The first-order valence-corrected chi connectivity index (χ1v) is 7.68. The number of rotatable bonds is 2. The lowest BCUT2D eigenvalue weighted by Gasteiger charge is -2.11. The zero-order chi connectivity index (χ0) is 15.1. The van der Waals surface area contributed by atoms with Gasteiger partial charge in [0.1, 0.15) is 5.71 Å². The van der Waals surface area contributed by atoms with E-state index >= 15 is 0 Å². The van der Waals surface area contributed by atoms with Crippen LogP contribution in [0.25, 0.3) is 10.8 Å². The molecule has 108 valence electrons. The van der Waals surface area contributed by atoms with Crippen LogP contribution in [-0.4, -0.2) is 10.9 Å². The van der Waals surface area contributed by atoms with E-state index in [0.717, 1.165) is 34.4 Å². The number of benzene rings is 3. The van der Waals surface area contributed by atoms with Gasteiger partial charge in [-0.05, 0) is 35.4 Å². The van der Waals surface area contributed by atoms with E-state index in [9.17, 15) is 5.21 Å². The molecule has 0 amide bonds. The normalized spacial score (nSPS) is 13.8. The van der Waals surface area contributed by atoms with Crippen molar-refractivity contribution in [3.63, 3.8) is 0 Å². The van der Waals surface area contributed by atoms with Crippen LogP contribution in [0.3, 0.4) is 0 Å². The molecular weight excluding hydrogens is 294 g/mol. The SMILES string of the molecule is ON=C(c1ccccc1)c1ccc2c(Cl)ccc3c2c1CC3. The van der Waals surface area contributed by atoms with Crippen LogP contribution in [0.4, 0.5) is 0 Å². The summed E-state index contributed by atoms with van der Waals surface area (Å²) in [5.41, 5.74) is 5.07. The van der Waals surface area contributed by atoms with Crippen molar-refractivity contribution in [2.75, 3.05) is 0 Å². The highest BCUT2D eigenvalue weighted by atomic mass is 35.5. The van der Waals surface area contributed by atoms with Crippen molar-refractivity contribution in [2.24, 2.45) is 5.16 Å². The van der Waals surface area contributed by atoms with Crippen LogP contribution in [-0.2, 0) is 12.8 Å². The summed E-state index contributed by atoms with van der Waals surface area (Å²) < 4.78 is 0. The Morgan fingerprint density at radius 2 is 1.77 bits per heavy atom. The lowest BCUT2D eigenvalue weighted by molar-refractivity contribution is 0.319. The van der Waals surface area contributed by atoms with Gasteiger partial charge in [-0.25, -0.2) is 0 Å². The molecule has 22 heavy (non-hydrogen) atoms. The highest BCUT2D eigenvalue weighted by Crippen LogP contribution is 2.37. The topological polar surface area (TPSA) is 32.6 Å². The van der Waals surface area contributed by atoms with Crippen molar-refractivity contribution in [1.82, 2.24) is 0 Å². The predicted octanol–water partition coefficient (Wildman–Crippen LogP) is 4.82. The second kappa shape index (κ2) is 5.15. The van der Waals surface area contributed by atoms with Crippen molar-refractivity contribution in [3.05, 3.63) is 81.9 Å². The van der Waals surface area contributed by atoms with Crippen LogP contribution in [0.2, 0.25) is 5.02 Å². The number of aryl methyl sites for hydroxylation is 2. The molecule has 0 saturated carbocycles. The molecule has 0 heterocycles. The van der Waals surface area contributed by atoms with E-state index in [1.165, 1.54) is 16.5 Å². The van der Waals surface area contributed by atoms with Gasteiger partial charge < -0.3 is 5.21 Å². The van der Waals surface area contributed by atoms with E-state index in [0.29, 0.717) is 5.71 Å². The molecule has 0 atom stereocenters. The molecule has 0 unspecified atom stereocenters. The zero-order valence-electron chi connectivity index (χ0n) is 11.9. The quantitative estimate of drug-likeness (QED) is 0.411. The summed E-state index contributed by atoms with van der Waals surface area (Å²) in [4.78, 5) is 0. The molecule has 3 aromatic carbocycles. The molecule has 1 aliphatic rings. The van der Waals surface area contributed by atoms with Crippen LogP contribution in [0.15, 0.2) is 59.8 Å². The average Bonchev–Trinajstić information content (AvgIpc) is 2.99. The Morgan fingerprint density at radius 3 is 2.55 bits per heavy atom. The van der Waals surface area contributed by atoms with Gasteiger partial charge in [0.15, 0.2) is 0 Å². The summed E-state index contributed by atoms with van der Waals surface area (Å²) >= 11 is 6.33. The summed E-state index contributed by atoms with van der Waals surface area (Å²) in [6.07, 6.45) is 1.96. The van der Waals surface area contributed by atoms with Crippen LogP contribution in [0.5, 0.6) is 0 Å². The maximum atomic E-state index is 9.56. The second-order valence-corrected chi connectivity index (χ2v) is 5.94. The molecule has 0 saturated heterocycles. The zero-order valence-corrected chi connectivity index (χ0v) is 12.6. The predicted molar refractivity (Wildman–Crippen MR) is 90.2 cm³/mol. The first-order valence-electron chi connectivity index (χ1n) is 7.30. The van der Waals surface area contributed by atoms with Crippen molar-refractivity contribution >= 4 is 28.1 Å². The Kier molecular flexibility index (Phi) is 3.12. The number of hydrogen-bond donors (Lipinski definition) is 1. The van der Waals surface area contributed by atoms with Gasteiger partial charge in [-0.15, -0.1) is 0 Å².